The molecule has 0 saturated carbocycles. The van der Waals surface area contributed by atoms with E-state index in [0.29, 0.717) is 17.8 Å². The van der Waals surface area contributed by atoms with Crippen molar-refractivity contribution in [3.8, 4) is 10.6 Å². The van der Waals surface area contributed by atoms with Crippen molar-refractivity contribution in [2.75, 3.05) is 11.9 Å². The van der Waals surface area contributed by atoms with Gasteiger partial charge >= 0.3 is 0 Å². The zero-order valence-corrected chi connectivity index (χ0v) is 18.6. The average molecular weight is 445 g/mol. The molecule has 2 aromatic carbocycles. The number of rotatable bonds is 8. The molecule has 0 unspecified atom stereocenters. The summed E-state index contributed by atoms with van der Waals surface area (Å²) < 4.78 is 1.76. The topological polar surface area (TPSA) is 76.0 Å². The number of carbonyl (C=O) groups is 2. The number of nitrogens with zero attached hydrogens (tertiary/aromatic N) is 2. The van der Waals surface area contributed by atoms with Gasteiger partial charge in [0.25, 0.3) is 5.91 Å². The number of carbonyl (C=O) groups excluding carboxylic acids is 2. The van der Waals surface area contributed by atoms with Crippen LogP contribution in [0, 0.1) is 0 Å². The molecule has 0 bridgehead atoms. The quantitative estimate of drug-likeness (QED) is 0.417. The van der Waals surface area contributed by atoms with E-state index in [4.69, 9.17) is 0 Å². The van der Waals surface area contributed by atoms with Crippen LogP contribution in [0.15, 0.2) is 78.3 Å². The molecule has 7 heteroatoms. The maximum absolute atomic E-state index is 13.0. The molecule has 6 nitrogen and oxygen atoms in total. The molecular formula is C25H24N4O2S. The predicted molar refractivity (Wildman–Crippen MR) is 128 cm³/mol. The molecule has 0 atom stereocenters. The molecule has 0 radical (unpaired) electrons. The number of amides is 2. The average Bonchev–Trinajstić information content (AvgIpc) is 3.49. The maximum atomic E-state index is 13.0. The number of hydrogen-bond acceptors (Lipinski definition) is 4. The Morgan fingerprint density at radius 3 is 2.53 bits per heavy atom. The van der Waals surface area contributed by atoms with E-state index in [1.807, 2.05) is 79.0 Å². The van der Waals surface area contributed by atoms with Crippen molar-refractivity contribution in [1.82, 2.24) is 15.1 Å². The molecule has 0 aliphatic carbocycles. The van der Waals surface area contributed by atoms with Gasteiger partial charge in [0.2, 0.25) is 5.91 Å². The number of nitrogens with one attached hydrogen (secondary N) is 2. The van der Waals surface area contributed by atoms with E-state index in [-0.39, 0.29) is 18.4 Å². The molecule has 0 saturated heterocycles. The second-order valence-corrected chi connectivity index (χ2v) is 8.24. The molecule has 2 amide bonds. The van der Waals surface area contributed by atoms with E-state index >= 15 is 0 Å². The van der Waals surface area contributed by atoms with Gasteiger partial charge in [0, 0.05) is 11.9 Å². The molecule has 2 aromatic heterocycles. The Morgan fingerprint density at radius 2 is 1.78 bits per heavy atom. The Balaban J connectivity index is 1.48. The normalized spacial score (nSPS) is 10.7. The molecule has 32 heavy (non-hydrogen) atoms. The van der Waals surface area contributed by atoms with Crippen molar-refractivity contribution in [1.29, 1.82) is 0 Å². The number of anilines is 1. The summed E-state index contributed by atoms with van der Waals surface area (Å²) in [6.07, 6.45) is 2.55. The Hall–Kier alpha value is -3.71. The smallest absolute Gasteiger partial charge is 0.255 e. The van der Waals surface area contributed by atoms with Crippen molar-refractivity contribution in [3.05, 3.63) is 95.0 Å². The molecule has 0 fully saturated rings. The third-order valence-corrected chi connectivity index (χ3v) is 5.91. The molecule has 2 heterocycles. The summed E-state index contributed by atoms with van der Waals surface area (Å²) in [5.74, 6) is -0.597. The van der Waals surface area contributed by atoms with Gasteiger partial charge in [0.05, 0.1) is 23.5 Å². The van der Waals surface area contributed by atoms with Crippen LogP contribution in [-0.2, 0) is 17.8 Å². The zero-order chi connectivity index (χ0) is 22.3. The van der Waals surface area contributed by atoms with Crippen LogP contribution >= 0.6 is 11.3 Å². The summed E-state index contributed by atoms with van der Waals surface area (Å²) in [5, 5.41) is 12.2. The minimum absolute atomic E-state index is 0.120. The lowest BCUT2D eigenvalue weighted by molar-refractivity contribution is -0.115. The van der Waals surface area contributed by atoms with Gasteiger partial charge in [-0.3, -0.25) is 14.3 Å². The minimum Gasteiger partial charge on any atom is -0.343 e. The van der Waals surface area contributed by atoms with E-state index in [9.17, 15) is 9.59 Å². The third kappa shape index (κ3) is 5.12. The van der Waals surface area contributed by atoms with Gasteiger partial charge in [-0.1, -0.05) is 61.5 Å². The number of para-hydroxylation sites is 1. The Bertz CT molecular complexity index is 1200. The van der Waals surface area contributed by atoms with Gasteiger partial charge in [-0.2, -0.15) is 5.10 Å². The second-order valence-electron chi connectivity index (χ2n) is 7.29. The number of thiophene rings is 1. The first-order valence-electron chi connectivity index (χ1n) is 10.4. The molecule has 2 N–H and O–H groups in total. The fourth-order valence-electron chi connectivity index (χ4n) is 3.44. The number of hydrogen-bond donors (Lipinski definition) is 2. The lowest BCUT2D eigenvalue weighted by Crippen LogP contribution is -2.33. The van der Waals surface area contributed by atoms with Crippen LogP contribution in [0.25, 0.3) is 10.6 Å². The van der Waals surface area contributed by atoms with E-state index < -0.39 is 0 Å². The van der Waals surface area contributed by atoms with Crippen molar-refractivity contribution >= 4 is 28.8 Å². The van der Waals surface area contributed by atoms with Crippen LogP contribution in [0.4, 0.5) is 5.69 Å². The molecule has 4 rings (SSSR count). The van der Waals surface area contributed by atoms with E-state index in [1.165, 1.54) is 11.3 Å². The fourth-order valence-corrected chi connectivity index (χ4v) is 4.16. The highest BCUT2D eigenvalue weighted by Crippen LogP contribution is 2.27. The summed E-state index contributed by atoms with van der Waals surface area (Å²) in [5.41, 5.74) is 3.97. The lowest BCUT2D eigenvalue weighted by atomic mass is 10.1. The van der Waals surface area contributed by atoms with Crippen LogP contribution in [0.5, 0.6) is 0 Å². The highest BCUT2D eigenvalue weighted by molar-refractivity contribution is 7.13. The molecule has 4 aromatic rings. The highest BCUT2D eigenvalue weighted by Gasteiger charge is 2.19. The summed E-state index contributed by atoms with van der Waals surface area (Å²) in [4.78, 5) is 26.3. The van der Waals surface area contributed by atoms with E-state index in [0.717, 1.165) is 28.1 Å². The lowest BCUT2D eigenvalue weighted by Gasteiger charge is -2.10. The van der Waals surface area contributed by atoms with Gasteiger partial charge in [-0.05, 0) is 35.1 Å². The Kier molecular flexibility index (Phi) is 6.77. The van der Waals surface area contributed by atoms with Crippen LogP contribution in [0.3, 0.4) is 0 Å². The molecule has 162 valence electrons. The molecule has 0 aliphatic rings. The number of aryl methyl sites for hydroxylation is 1. The first-order valence-corrected chi connectivity index (χ1v) is 11.3. The van der Waals surface area contributed by atoms with Gasteiger partial charge in [0.1, 0.15) is 5.69 Å². The fraction of sp³-hybridized carbons (Fsp3) is 0.160. The van der Waals surface area contributed by atoms with Crippen molar-refractivity contribution < 1.29 is 9.59 Å². The molecule has 0 spiro atoms. The molecular weight excluding hydrogens is 420 g/mol. The Morgan fingerprint density at radius 1 is 1.00 bits per heavy atom. The number of benzene rings is 2. The monoisotopic (exact) mass is 444 g/mol. The van der Waals surface area contributed by atoms with Crippen molar-refractivity contribution in [2.24, 2.45) is 0 Å². The molecule has 0 aliphatic heterocycles. The Labute approximate surface area is 190 Å². The summed E-state index contributed by atoms with van der Waals surface area (Å²) in [6, 6.07) is 21.5. The largest absolute Gasteiger partial charge is 0.343 e. The van der Waals surface area contributed by atoms with Gasteiger partial charge in [-0.25, -0.2) is 0 Å². The van der Waals surface area contributed by atoms with Crippen molar-refractivity contribution in [2.45, 2.75) is 19.9 Å². The summed E-state index contributed by atoms with van der Waals surface area (Å²) in [7, 11) is 0. The minimum atomic E-state index is -0.327. The van der Waals surface area contributed by atoms with E-state index in [2.05, 4.69) is 15.7 Å². The van der Waals surface area contributed by atoms with Gasteiger partial charge in [0.15, 0.2) is 0 Å². The number of aromatic nitrogens is 2. The van der Waals surface area contributed by atoms with Crippen LogP contribution < -0.4 is 10.6 Å². The first kappa shape index (κ1) is 21.5. The van der Waals surface area contributed by atoms with Gasteiger partial charge < -0.3 is 10.6 Å². The standard InChI is InChI=1S/C25H24N4O2S/c1-2-19-11-6-7-12-21(19)27-23(30)15-26-25(31)20-17-29(16-18-9-4-3-5-10-18)28-24(20)22-13-8-14-32-22/h3-14,17H,2,15-16H2,1H3,(H,26,31)(H,27,30). The SMILES string of the molecule is CCc1ccccc1NC(=O)CNC(=O)c1cn(Cc2ccccc2)nc1-c1cccs1. The maximum Gasteiger partial charge on any atom is 0.255 e. The first-order chi connectivity index (χ1) is 15.6. The summed E-state index contributed by atoms with van der Waals surface area (Å²) >= 11 is 1.52. The highest BCUT2D eigenvalue weighted by atomic mass is 32.1. The van der Waals surface area contributed by atoms with Crippen LogP contribution in [-0.4, -0.2) is 28.1 Å². The second kappa shape index (κ2) is 10.1. The van der Waals surface area contributed by atoms with Crippen LogP contribution in [0.2, 0.25) is 0 Å². The summed E-state index contributed by atoms with van der Waals surface area (Å²) in [6.45, 7) is 2.47. The van der Waals surface area contributed by atoms with E-state index in [1.54, 1.807) is 10.9 Å². The predicted octanol–water partition coefficient (Wildman–Crippen LogP) is 4.59. The van der Waals surface area contributed by atoms with Crippen molar-refractivity contribution in [3.63, 3.8) is 0 Å². The van der Waals surface area contributed by atoms with Crippen LogP contribution in [0.1, 0.15) is 28.4 Å². The zero-order valence-electron chi connectivity index (χ0n) is 17.7. The third-order valence-electron chi connectivity index (χ3n) is 5.03. The van der Waals surface area contributed by atoms with Gasteiger partial charge in [-0.15, -0.1) is 11.3 Å².